The van der Waals surface area contributed by atoms with Gasteiger partial charge in [-0.05, 0) is 25.5 Å². The summed E-state index contributed by atoms with van der Waals surface area (Å²) in [5.41, 5.74) is 0.555. The van der Waals surface area contributed by atoms with E-state index in [0.717, 1.165) is 4.90 Å². The predicted molar refractivity (Wildman–Crippen MR) is 98.3 cm³/mol. The van der Waals surface area contributed by atoms with E-state index in [1.165, 1.54) is 26.0 Å². The Bertz CT molecular complexity index is 667. The molecular weight excluding hydrogens is 356 g/mol. The number of hydrogen-bond donors (Lipinski definition) is 0. The summed E-state index contributed by atoms with van der Waals surface area (Å²) < 4.78 is 9.52. The van der Waals surface area contributed by atoms with E-state index in [1.54, 1.807) is 28.9 Å². The fourth-order valence-electron chi connectivity index (χ4n) is 2.75. The minimum atomic E-state index is -0.409. The van der Waals surface area contributed by atoms with Gasteiger partial charge in [0, 0.05) is 31.1 Å². The maximum atomic E-state index is 13.0. The maximum Gasteiger partial charge on any atom is 0.409 e. The van der Waals surface area contributed by atoms with Gasteiger partial charge < -0.3 is 19.3 Å². The quantitative estimate of drug-likeness (QED) is 0.589. The van der Waals surface area contributed by atoms with Gasteiger partial charge >= 0.3 is 12.1 Å². The summed E-state index contributed by atoms with van der Waals surface area (Å²) in [6, 6.07) is 7.23. The largest absolute Gasteiger partial charge is 0.468 e. The van der Waals surface area contributed by atoms with Gasteiger partial charge in [-0.1, -0.05) is 12.1 Å². The van der Waals surface area contributed by atoms with Gasteiger partial charge in [0.25, 0.3) is 5.91 Å². The highest BCUT2D eigenvalue weighted by molar-refractivity contribution is 8.00. The van der Waals surface area contributed by atoms with E-state index in [4.69, 9.17) is 9.47 Å². The lowest BCUT2D eigenvalue weighted by Gasteiger charge is -2.22. The van der Waals surface area contributed by atoms with Gasteiger partial charge in [0.05, 0.1) is 19.8 Å². The first kappa shape index (κ1) is 20.1. The molecule has 1 unspecified atom stereocenters. The molecule has 0 aliphatic carbocycles. The van der Waals surface area contributed by atoms with E-state index in [1.807, 2.05) is 12.1 Å². The molecule has 1 saturated heterocycles. The van der Waals surface area contributed by atoms with Crippen LogP contribution in [-0.2, 0) is 14.3 Å². The highest BCUT2D eigenvalue weighted by atomic mass is 32.2. The first-order chi connectivity index (χ1) is 12.5. The van der Waals surface area contributed by atoms with Gasteiger partial charge in [-0.2, -0.15) is 0 Å². The lowest BCUT2D eigenvalue weighted by molar-refractivity contribution is -0.139. The molecule has 1 aromatic carbocycles. The van der Waals surface area contributed by atoms with Crippen LogP contribution in [0, 0.1) is 0 Å². The van der Waals surface area contributed by atoms with E-state index in [0.29, 0.717) is 38.2 Å². The van der Waals surface area contributed by atoms with Crippen molar-refractivity contribution in [3.63, 3.8) is 0 Å². The molecule has 1 aliphatic heterocycles. The summed E-state index contributed by atoms with van der Waals surface area (Å²) in [6.07, 6.45) is 0.316. The molecule has 2 amide bonds. The zero-order chi connectivity index (χ0) is 19.1. The molecule has 0 aromatic heterocycles. The normalized spacial score (nSPS) is 15.8. The van der Waals surface area contributed by atoms with E-state index in [9.17, 15) is 14.4 Å². The van der Waals surface area contributed by atoms with Gasteiger partial charge in [-0.15, -0.1) is 11.8 Å². The molecule has 1 atom stereocenters. The minimum Gasteiger partial charge on any atom is -0.468 e. The number of rotatable bonds is 4. The molecule has 26 heavy (non-hydrogen) atoms. The van der Waals surface area contributed by atoms with Crippen LogP contribution in [0.2, 0.25) is 0 Å². The molecule has 1 fully saturated rings. The van der Waals surface area contributed by atoms with Crippen LogP contribution in [0.3, 0.4) is 0 Å². The molecule has 8 heteroatoms. The highest BCUT2D eigenvalue weighted by Crippen LogP contribution is 2.28. The number of esters is 1. The number of nitrogens with zero attached hydrogens (tertiary/aromatic N) is 2. The van der Waals surface area contributed by atoms with Crippen molar-refractivity contribution in [2.45, 2.75) is 23.5 Å². The van der Waals surface area contributed by atoms with Crippen molar-refractivity contribution in [3.05, 3.63) is 29.8 Å². The third-order valence-electron chi connectivity index (χ3n) is 4.17. The fourth-order valence-corrected chi connectivity index (χ4v) is 3.77. The second-order valence-electron chi connectivity index (χ2n) is 5.88. The summed E-state index contributed by atoms with van der Waals surface area (Å²) in [4.78, 5) is 40.5. The van der Waals surface area contributed by atoms with Crippen LogP contribution in [0.4, 0.5) is 4.79 Å². The van der Waals surface area contributed by atoms with Crippen LogP contribution in [0.25, 0.3) is 0 Å². The Morgan fingerprint density at radius 1 is 1.00 bits per heavy atom. The van der Waals surface area contributed by atoms with Crippen molar-refractivity contribution in [1.82, 2.24) is 9.80 Å². The molecule has 1 heterocycles. The van der Waals surface area contributed by atoms with E-state index in [-0.39, 0.29) is 18.0 Å². The molecule has 0 spiro atoms. The Morgan fingerprint density at radius 3 is 2.35 bits per heavy atom. The number of benzene rings is 1. The lowest BCUT2D eigenvalue weighted by atomic mass is 10.2. The van der Waals surface area contributed by atoms with Gasteiger partial charge in [-0.3, -0.25) is 9.59 Å². The second-order valence-corrected chi connectivity index (χ2v) is 7.26. The van der Waals surface area contributed by atoms with Crippen LogP contribution >= 0.6 is 11.8 Å². The number of carbonyl (C=O) groups is 3. The Balaban J connectivity index is 2.12. The predicted octanol–water partition coefficient (Wildman–Crippen LogP) is 2.25. The Labute approximate surface area is 157 Å². The molecule has 0 N–H and O–H groups in total. The van der Waals surface area contributed by atoms with Crippen LogP contribution in [0.15, 0.2) is 29.2 Å². The molecule has 0 saturated carbocycles. The van der Waals surface area contributed by atoms with Crippen LogP contribution < -0.4 is 0 Å². The number of hydrogen-bond acceptors (Lipinski definition) is 6. The molecule has 2 rings (SSSR count). The second kappa shape index (κ2) is 9.47. The van der Waals surface area contributed by atoms with Crippen molar-refractivity contribution in [2.24, 2.45) is 0 Å². The summed E-state index contributed by atoms with van der Waals surface area (Å²) in [6.45, 7) is 3.76. The van der Waals surface area contributed by atoms with Crippen LogP contribution in [-0.4, -0.2) is 73.4 Å². The lowest BCUT2D eigenvalue weighted by Crippen LogP contribution is -2.37. The Hall–Kier alpha value is -2.22. The number of thioether (sulfide) groups is 1. The third kappa shape index (κ3) is 4.91. The number of carbonyl (C=O) groups excluding carboxylic acids is 3. The fraction of sp³-hybridized carbons (Fsp3) is 0.500. The molecule has 142 valence electrons. The molecule has 1 aliphatic rings. The zero-order valence-electron chi connectivity index (χ0n) is 15.3. The average molecular weight is 380 g/mol. The van der Waals surface area contributed by atoms with Crippen LogP contribution in [0.5, 0.6) is 0 Å². The standard InChI is InChI=1S/C18H24N2O5S/c1-13(17(22)24-2)26-15-8-5-4-7-14(15)16(21)19-9-6-10-20(12-11-19)18(23)25-3/h4-5,7-8,13H,6,9-12H2,1-3H3. The van der Waals surface area contributed by atoms with E-state index in [2.05, 4.69) is 0 Å². The van der Waals surface area contributed by atoms with Gasteiger partial charge in [0.15, 0.2) is 0 Å². The zero-order valence-corrected chi connectivity index (χ0v) is 16.1. The van der Waals surface area contributed by atoms with Crippen molar-refractivity contribution >= 4 is 29.7 Å². The SMILES string of the molecule is COC(=O)C(C)Sc1ccccc1C(=O)N1CCCN(C(=O)OC)CC1. The molecule has 0 radical (unpaired) electrons. The molecule has 7 nitrogen and oxygen atoms in total. The Kier molecular flexibility index (Phi) is 7.32. The molecule has 1 aromatic rings. The van der Waals surface area contributed by atoms with E-state index < -0.39 is 5.25 Å². The number of ether oxygens (including phenoxy) is 2. The first-order valence-corrected chi connectivity index (χ1v) is 9.31. The van der Waals surface area contributed by atoms with Crippen molar-refractivity contribution < 1.29 is 23.9 Å². The minimum absolute atomic E-state index is 0.100. The number of methoxy groups -OCH3 is 2. The summed E-state index contributed by atoms with van der Waals surface area (Å²) in [7, 11) is 2.70. The number of amides is 2. The average Bonchev–Trinajstić information content (AvgIpc) is 2.92. The van der Waals surface area contributed by atoms with Gasteiger partial charge in [0.2, 0.25) is 0 Å². The summed E-state index contributed by atoms with van der Waals surface area (Å²) in [5.74, 6) is -0.433. The van der Waals surface area contributed by atoms with Crippen molar-refractivity contribution in [1.29, 1.82) is 0 Å². The summed E-state index contributed by atoms with van der Waals surface area (Å²) >= 11 is 1.30. The van der Waals surface area contributed by atoms with Gasteiger partial charge in [0.1, 0.15) is 5.25 Å². The highest BCUT2D eigenvalue weighted by Gasteiger charge is 2.25. The molecule has 0 bridgehead atoms. The first-order valence-electron chi connectivity index (χ1n) is 8.43. The van der Waals surface area contributed by atoms with Crippen molar-refractivity contribution in [2.75, 3.05) is 40.4 Å². The van der Waals surface area contributed by atoms with Gasteiger partial charge in [-0.25, -0.2) is 4.79 Å². The molecular formula is C18H24N2O5S. The Morgan fingerprint density at radius 2 is 1.65 bits per heavy atom. The maximum absolute atomic E-state index is 13.0. The summed E-state index contributed by atoms with van der Waals surface area (Å²) in [5, 5.41) is -0.409. The monoisotopic (exact) mass is 380 g/mol. The smallest absolute Gasteiger partial charge is 0.409 e. The topological polar surface area (TPSA) is 76.2 Å². The third-order valence-corrected chi connectivity index (χ3v) is 5.33. The van der Waals surface area contributed by atoms with Crippen LogP contribution in [0.1, 0.15) is 23.7 Å². The van der Waals surface area contributed by atoms with Crippen molar-refractivity contribution in [3.8, 4) is 0 Å². The van der Waals surface area contributed by atoms with E-state index >= 15 is 0 Å².